The maximum atomic E-state index is 12.9. The number of H-pyrrole nitrogens is 1. The number of carbonyl (C=O) groups is 1. The number of aromatic amines is 1. The third-order valence-corrected chi connectivity index (χ3v) is 7.45. The fourth-order valence-electron chi connectivity index (χ4n) is 2.97. The standard InChI is InChI=1S/C18H18BN5O5S2/c19-12-3-6-15-14(9-12)17(16(24-15)18(21)25)31(28,29)23-8-7-22-30(26,27)13-4-1-11(10-20)2-5-13/h1-6,9,22-24H,7-8,19H2,(H2,21,25). The molecule has 0 saturated heterocycles. The van der Waals surface area contributed by atoms with Gasteiger partial charge in [0.25, 0.3) is 5.91 Å². The van der Waals surface area contributed by atoms with Crippen LogP contribution >= 0.6 is 0 Å². The number of fused-ring (bicyclic) bond motifs is 1. The zero-order valence-electron chi connectivity index (χ0n) is 16.3. The summed E-state index contributed by atoms with van der Waals surface area (Å²) in [5.74, 6) is -0.934. The summed E-state index contributed by atoms with van der Waals surface area (Å²) in [6, 6.07) is 12.2. The minimum Gasteiger partial charge on any atom is -0.364 e. The average Bonchev–Trinajstić information content (AvgIpc) is 3.11. The van der Waals surface area contributed by atoms with Crippen molar-refractivity contribution in [2.75, 3.05) is 13.1 Å². The van der Waals surface area contributed by atoms with Crippen LogP contribution in [0.1, 0.15) is 16.1 Å². The molecule has 3 rings (SSSR count). The molecule has 0 spiro atoms. The SMILES string of the molecule is Bc1ccc2[nH]c(C(N)=O)c(S(=O)(=O)NCCNS(=O)(=O)c3ccc(C#N)cc3)c2c1. The second-order valence-electron chi connectivity index (χ2n) is 6.67. The van der Waals surface area contributed by atoms with Crippen molar-refractivity contribution in [1.82, 2.24) is 14.4 Å². The highest BCUT2D eigenvalue weighted by Gasteiger charge is 2.27. The van der Waals surface area contributed by atoms with Gasteiger partial charge in [-0.05, 0) is 30.3 Å². The van der Waals surface area contributed by atoms with Gasteiger partial charge in [0, 0.05) is 24.0 Å². The van der Waals surface area contributed by atoms with E-state index in [4.69, 9.17) is 11.0 Å². The first-order chi connectivity index (χ1) is 14.5. The van der Waals surface area contributed by atoms with Crippen molar-refractivity contribution in [3.05, 3.63) is 53.7 Å². The Kier molecular flexibility index (Phi) is 6.19. The largest absolute Gasteiger partial charge is 0.364 e. The molecule has 1 aromatic heterocycles. The number of sulfonamides is 2. The third-order valence-electron chi connectivity index (χ3n) is 4.42. The average molecular weight is 459 g/mol. The summed E-state index contributed by atoms with van der Waals surface area (Å²) < 4.78 is 54.9. The molecule has 0 radical (unpaired) electrons. The molecule has 13 heteroatoms. The van der Waals surface area contributed by atoms with Crippen LogP contribution in [0, 0.1) is 11.3 Å². The molecule has 2 aromatic carbocycles. The Balaban J connectivity index is 1.76. The molecule has 0 saturated carbocycles. The summed E-state index contributed by atoms with van der Waals surface area (Å²) in [4.78, 5) is 14.1. The van der Waals surface area contributed by atoms with Gasteiger partial charge in [0.15, 0.2) is 0 Å². The molecule has 0 aliphatic heterocycles. The fourth-order valence-corrected chi connectivity index (χ4v) is 5.39. The maximum Gasteiger partial charge on any atom is 0.266 e. The van der Waals surface area contributed by atoms with Gasteiger partial charge in [0.2, 0.25) is 20.0 Å². The van der Waals surface area contributed by atoms with Crippen LogP contribution in [0.3, 0.4) is 0 Å². The molecule has 0 aliphatic rings. The zero-order chi connectivity index (χ0) is 22.8. The smallest absolute Gasteiger partial charge is 0.266 e. The molecule has 0 fully saturated rings. The first kappa shape index (κ1) is 22.5. The fraction of sp³-hybridized carbons (Fsp3) is 0.111. The lowest BCUT2D eigenvalue weighted by Crippen LogP contribution is -2.35. The summed E-state index contributed by atoms with van der Waals surface area (Å²) in [5.41, 5.74) is 6.61. The Labute approximate surface area is 180 Å². The Morgan fingerprint density at radius 1 is 1.03 bits per heavy atom. The van der Waals surface area contributed by atoms with Crippen LogP contribution in [-0.2, 0) is 20.0 Å². The molecule has 0 unspecified atom stereocenters. The van der Waals surface area contributed by atoms with E-state index in [1.54, 1.807) is 26.0 Å². The minimum absolute atomic E-state index is 0.0579. The second kappa shape index (κ2) is 8.52. The predicted molar refractivity (Wildman–Crippen MR) is 117 cm³/mol. The van der Waals surface area contributed by atoms with E-state index in [1.165, 1.54) is 24.3 Å². The van der Waals surface area contributed by atoms with Crippen LogP contribution in [0.5, 0.6) is 0 Å². The summed E-state index contributed by atoms with van der Waals surface area (Å²) in [6.45, 7) is -0.511. The highest BCUT2D eigenvalue weighted by Crippen LogP contribution is 2.26. The molecule has 0 bridgehead atoms. The van der Waals surface area contributed by atoms with E-state index >= 15 is 0 Å². The van der Waals surface area contributed by atoms with Gasteiger partial charge >= 0.3 is 0 Å². The molecule has 1 amide bonds. The van der Waals surface area contributed by atoms with Crippen molar-refractivity contribution in [3.8, 4) is 6.07 Å². The van der Waals surface area contributed by atoms with Gasteiger partial charge in [0.1, 0.15) is 18.4 Å². The second-order valence-corrected chi connectivity index (χ2v) is 10.1. The van der Waals surface area contributed by atoms with E-state index in [2.05, 4.69) is 14.4 Å². The molecule has 3 aromatic rings. The van der Waals surface area contributed by atoms with Crippen molar-refractivity contribution in [3.63, 3.8) is 0 Å². The zero-order valence-corrected chi connectivity index (χ0v) is 18.0. The van der Waals surface area contributed by atoms with E-state index < -0.39 is 26.0 Å². The number of hydrogen-bond acceptors (Lipinski definition) is 6. The topological polar surface area (TPSA) is 175 Å². The van der Waals surface area contributed by atoms with Crippen molar-refractivity contribution < 1.29 is 21.6 Å². The highest BCUT2D eigenvalue weighted by atomic mass is 32.2. The van der Waals surface area contributed by atoms with Crippen LogP contribution in [0.2, 0.25) is 0 Å². The predicted octanol–water partition coefficient (Wildman–Crippen LogP) is -1.35. The number of rotatable bonds is 8. The Morgan fingerprint density at radius 2 is 1.65 bits per heavy atom. The van der Waals surface area contributed by atoms with Gasteiger partial charge in [-0.3, -0.25) is 4.79 Å². The Bertz CT molecular complexity index is 1410. The molecule has 5 N–H and O–H groups in total. The molecule has 160 valence electrons. The van der Waals surface area contributed by atoms with Gasteiger partial charge in [-0.25, -0.2) is 26.3 Å². The van der Waals surface area contributed by atoms with Crippen molar-refractivity contribution in [2.24, 2.45) is 5.73 Å². The van der Waals surface area contributed by atoms with Crippen LogP contribution in [0.25, 0.3) is 10.9 Å². The van der Waals surface area contributed by atoms with E-state index in [0.717, 1.165) is 5.46 Å². The number of nitrogens with one attached hydrogen (secondary N) is 3. The van der Waals surface area contributed by atoms with Gasteiger partial charge < -0.3 is 10.7 Å². The monoisotopic (exact) mass is 459 g/mol. The third kappa shape index (κ3) is 4.78. The molecular weight excluding hydrogens is 441 g/mol. The lowest BCUT2D eigenvalue weighted by atomic mass is 9.95. The van der Waals surface area contributed by atoms with Crippen molar-refractivity contribution in [2.45, 2.75) is 9.79 Å². The summed E-state index contributed by atoms with van der Waals surface area (Å²) in [7, 11) is -6.30. The summed E-state index contributed by atoms with van der Waals surface area (Å²) in [5, 5.41) is 9.09. The number of nitrogens with two attached hydrogens (primary N) is 1. The number of nitriles is 1. The number of aromatic nitrogens is 1. The van der Waals surface area contributed by atoms with Crippen LogP contribution < -0.4 is 20.6 Å². The van der Waals surface area contributed by atoms with Gasteiger partial charge in [0.05, 0.1) is 16.5 Å². The van der Waals surface area contributed by atoms with Crippen LogP contribution in [0.15, 0.2) is 52.3 Å². The van der Waals surface area contributed by atoms with Gasteiger partial charge in [-0.15, -0.1) is 0 Å². The lowest BCUT2D eigenvalue weighted by Gasteiger charge is -2.09. The molecule has 0 atom stereocenters. The number of hydrogen-bond donors (Lipinski definition) is 4. The van der Waals surface area contributed by atoms with Crippen molar-refractivity contribution >= 4 is 50.2 Å². The summed E-state index contributed by atoms with van der Waals surface area (Å²) >= 11 is 0. The van der Waals surface area contributed by atoms with Crippen molar-refractivity contribution in [1.29, 1.82) is 5.26 Å². The molecular formula is C18H18BN5O5S2. The minimum atomic E-state index is -4.18. The number of carbonyl (C=O) groups excluding carboxylic acids is 1. The number of amides is 1. The number of primary amides is 1. The van der Waals surface area contributed by atoms with Gasteiger partial charge in [-0.1, -0.05) is 17.6 Å². The first-order valence-electron chi connectivity index (χ1n) is 8.97. The van der Waals surface area contributed by atoms with E-state index in [-0.39, 0.29) is 28.6 Å². The lowest BCUT2D eigenvalue weighted by molar-refractivity contribution is 0.0993. The molecule has 10 nitrogen and oxygen atoms in total. The van der Waals surface area contributed by atoms with E-state index in [0.29, 0.717) is 16.5 Å². The summed E-state index contributed by atoms with van der Waals surface area (Å²) in [6.07, 6.45) is 0. The maximum absolute atomic E-state index is 12.9. The van der Waals surface area contributed by atoms with Crippen LogP contribution in [-0.4, -0.2) is 48.7 Å². The Hall–Kier alpha value is -3.18. The van der Waals surface area contributed by atoms with Gasteiger partial charge in [-0.2, -0.15) is 5.26 Å². The molecule has 1 heterocycles. The normalized spacial score (nSPS) is 12.0. The quantitative estimate of drug-likeness (QED) is 0.239. The highest BCUT2D eigenvalue weighted by molar-refractivity contribution is 7.90. The van der Waals surface area contributed by atoms with Crippen LogP contribution in [0.4, 0.5) is 0 Å². The number of nitrogens with zero attached hydrogens (tertiary/aromatic N) is 1. The molecule has 0 aliphatic carbocycles. The molecule has 31 heavy (non-hydrogen) atoms. The Morgan fingerprint density at radius 3 is 2.23 bits per heavy atom. The first-order valence-corrected chi connectivity index (χ1v) is 11.9. The number of benzene rings is 2. The van der Waals surface area contributed by atoms with E-state index in [1.807, 2.05) is 6.07 Å². The van der Waals surface area contributed by atoms with E-state index in [9.17, 15) is 21.6 Å².